The first-order valence-corrected chi connectivity index (χ1v) is 12.2. The molecule has 0 spiro atoms. The quantitative estimate of drug-likeness (QED) is 0.151. The summed E-state index contributed by atoms with van der Waals surface area (Å²) in [7, 11) is 0. The monoisotopic (exact) mass is 522 g/mol. The predicted octanol–water partition coefficient (Wildman–Crippen LogP) is 7.23. The van der Waals surface area contributed by atoms with E-state index in [0.717, 1.165) is 25.0 Å². The number of H-pyrrole nitrogens is 1. The molecule has 6 nitrogen and oxygen atoms in total. The van der Waals surface area contributed by atoms with Crippen molar-refractivity contribution in [2.24, 2.45) is 0 Å². The molecule has 4 aromatic rings. The SMILES string of the molecule is O=C(/C=C/c1c(C(=O)O)[nH]c2cc(Cl)cc(Cl)c12)Nc1ccc(OCCCCc2ccccc2)cc1. The number of amides is 1. The first-order chi connectivity index (χ1) is 17.4. The molecule has 0 atom stereocenters. The number of benzene rings is 3. The van der Waals surface area contributed by atoms with Gasteiger partial charge in [0.15, 0.2) is 0 Å². The summed E-state index contributed by atoms with van der Waals surface area (Å²) < 4.78 is 5.79. The second-order valence-corrected chi connectivity index (χ2v) is 9.01. The zero-order chi connectivity index (χ0) is 25.5. The van der Waals surface area contributed by atoms with Gasteiger partial charge < -0.3 is 20.1 Å². The van der Waals surface area contributed by atoms with Gasteiger partial charge in [0.1, 0.15) is 11.4 Å². The highest BCUT2D eigenvalue weighted by Gasteiger charge is 2.18. The minimum atomic E-state index is -1.17. The number of aromatic carboxylic acids is 1. The number of halogens is 2. The Labute approximate surface area is 218 Å². The van der Waals surface area contributed by atoms with Crippen LogP contribution in [0.25, 0.3) is 17.0 Å². The molecule has 4 rings (SSSR count). The lowest BCUT2D eigenvalue weighted by Crippen LogP contribution is -2.08. The number of carbonyl (C=O) groups excluding carboxylic acids is 1. The van der Waals surface area contributed by atoms with E-state index in [1.807, 2.05) is 18.2 Å². The summed E-state index contributed by atoms with van der Waals surface area (Å²) in [5, 5.41) is 13.4. The number of carboxylic acid groups (broad SMARTS) is 1. The van der Waals surface area contributed by atoms with Crippen molar-refractivity contribution in [1.29, 1.82) is 0 Å². The van der Waals surface area contributed by atoms with Crippen LogP contribution >= 0.6 is 23.2 Å². The van der Waals surface area contributed by atoms with Crippen LogP contribution in [0.1, 0.15) is 34.5 Å². The molecule has 0 radical (unpaired) electrons. The van der Waals surface area contributed by atoms with Crippen LogP contribution in [0.2, 0.25) is 10.0 Å². The van der Waals surface area contributed by atoms with Crippen LogP contribution in [0.3, 0.4) is 0 Å². The number of carbonyl (C=O) groups is 2. The van der Waals surface area contributed by atoms with E-state index in [2.05, 4.69) is 22.4 Å². The molecule has 1 heterocycles. The van der Waals surface area contributed by atoms with Gasteiger partial charge in [0.05, 0.1) is 11.6 Å². The highest BCUT2D eigenvalue weighted by molar-refractivity contribution is 6.39. The second kappa shape index (κ2) is 11.8. The molecule has 3 aromatic carbocycles. The maximum absolute atomic E-state index is 12.5. The van der Waals surface area contributed by atoms with Crippen molar-refractivity contribution in [2.45, 2.75) is 19.3 Å². The van der Waals surface area contributed by atoms with Crippen LogP contribution in [0.15, 0.2) is 72.8 Å². The van der Waals surface area contributed by atoms with Crippen LogP contribution in [0.5, 0.6) is 5.75 Å². The molecule has 0 saturated heterocycles. The first-order valence-electron chi connectivity index (χ1n) is 11.4. The van der Waals surface area contributed by atoms with E-state index in [9.17, 15) is 14.7 Å². The zero-order valence-corrected chi connectivity index (χ0v) is 20.8. The number of anilines is 1. The van der Waals surface area contributed by atoms with Crippen LogP contribution in [-0.4, -0.2) is 28.6 Å². The first kappa shape index (κ1) is 25.4. The Bertz CT molecular complexity index is 1400. The van der Waals surface area contributed by atoms with E-state index in [4.69, 9.17) is 27.9 Å². The molecular weight excluding hydrogens is 499 g/mol. The van der Waals surface area contributed by atoms with Crippen molar-refractivity contribution in [1.82, 2.24) is 4.98 Å². The van der Waals surface area contributed by atoms with Gasteiger partial charge in [0, 0.05) is 33.3 Å². The van der Waals surface area contributed by atoms with Gasteiger partial charge in [0.2, 0.25) is 5.91 Å². The van der Waals surface area contributed by atoms with E-state index in [1.54, 1.807) is 30.3 Å². The molecule has 0 aliphatic rings. The Morgan fingerprint density at radius 2 is 1.75 bits per heavy atom. The van der Waals surface area contributed by atoms with Gasteiger partial charge in [-0.15, -0.1) is 0 Å². The van der Waals surface area contributed by atoms with Crippen molar-refractivity contribution < 1.29 is 19.4 Å². The average molecular weight is 523 g/mol. The van der Waals surface area contributed by atoms with E-state index in [1.165, 1.54) is 23.8 Å². The summed E-state index contributed by atoms with van der Waals surface area (Å²) in [6.45, 7) is 0.617. The lowest BCUT2D eigenvalue weighted by atomic mass is 10.1. The van der Waals surface area contributed by atoms with Crippen LogP contribution in [0, 0.1) is 0 Å². The van der Waals surface area contributed by atoms with Crippen molar-refractivity contribution in [3.63, 3.8) is 0 Å². The van der Waals surface area contributed by atoms with Gasteiger partial charge in [-0.05, 0) is 67.3 Å². The molecule has 0 aliphatic carbocycles. The fourth-order valence-electron chi connectivity index (χ4n) is 3.85. The number of hydrogen-bond donors (Lipinski definition) is 3. The number of rotatable bonds is 10. The zero-order valence-electron chi connectivity index (χ0n) is 19.3. The molecule has 0 bridgehead atoms. The second-order valence-electron chi connectivity index (χ2n) is 8.17. The topological polar surface area (TPSA) is 91.4 Å². The van der Waals surface area contributed by atoms with Crippen molar-refractivity contribution in [2.75, 3.05) is 11.9 Å². The minimum absolute atomic E-state index is 0.0801. The van der Waals surface area contributed by atoms with Gasteiger partial charge >= 0.3 is 5.97 Å². The summed E-state index contributed by atoms with van der Waals surface area (Å²) in [6.07, 6.45) is 5.69. The van der Waals surface area contributed by atoms with Gasteiger partial charge in [-0.2, -0.15) is 0 Å². The molecule has 0 unspecified atom stereocenters. The summed E-state index contributed by atoms with van der Waals surface area (Å²) in [5.41, 5.74) is 2.60. The van der Waals surface area contributed by atoms with Gasteiger partial charge in [0.25, 0.3) is 0 Å². The Morgan fingerprint density at radius 1 is 1.00 bits per heavy atom. The highest BCUT2D eigenvalue weighted by Crippen LogP contribution is 2.33. The number of hydrogen-bond acceptors (Lipinski definition) is 3. The number of aromatic amines is 1. The Balaban J connectivity index is 1.32. The van der Waals surface area contributed by atoms with E-state index in [-0.39, 0.29) is 10.7 Å². The number of aromatic nitrogens is 1. The van der Waals surface area contributed by atoms with E-state index >= 15 is 0 Å². The third-order valence-electron chi connectivity index (χ3n) is 5.56. The number of unbranched alkanes of at least 4 members (excludes halogenated alkanes) is 1. The predicted molar refractivity (Wildman–Crippen MR) is 144 cm³/mol. The number of ether oxygens (including phenoxy) is 1. The highest BCUT2D eigenvalue weighted by atomic mass is 35.5. The number of fused-ring (bicyclic) bond motifs is 1. The molecular formula is C28H24Cl2N2O4. The van der Waals surface area contributed by atoms with Gasteiger partial charge in [-0.1, -0.05) is 53.5 Å². The summed E-state index contributed by atoms with van der Waals surface area (Å²) in [5.74, 6) is -0.865. The summed E-state index contributed by atoms with van der Waals surface area (Å²) >= 11 is 12.3. The molecule has 3 N–H and O–H groups in total. The average Bonchev–Trinajstić information content (AvgIpc) is 3.23. The molecule has 1 amide bonds. The third kappa shape index (κ3) is 6.47. The van der Waals surface area contributed by atoms with E-state index in [0.29, 0.717) is 33.8 Å². The number of carboxylic acids is 1. The Hall–Kier alpha value is -3.74. The van der Waals surface area contributed by atoms with Crippen LogP contribution < -0.4 is 10.1 Å². The van der Waals surface area contributed by atoms with Gasteiger partial charge in [-0.25, -0.2) is 4.79 Å². The molecule has 184 valence electrons. The summed E-state index contributed by atoms with van der Waals surface area (Å²) in [4.78, 5) is 26.9. The van der Waals surface area contributed by atoms with Crippen molar-refractivity contribution in [3.8, 4) is 5.75 Å². The maximum atomic E-state index is 12.5. The fraction of sp³-hybridized carbons (Fsp3) is 0.143. The summed E-state index contributed by atoms with van der Waals surface area (Å²) in [6, 6.07) is 20.5. The maximum Gasteiger partial charge on any atom is 0.352 e. The largest absolute Gasteiger partial charge is 0.494 e. The van der Waals surface area contributed by atoms with Gasteiger partial charge in [-0.3, -0.25) is 4.79 Å². The molecule has 8 heteroatoms. The third-order valence-corrected chi connectivity index (χ3v) is 6.08. The minimum Gasteiger partial charge on any atom is -0.494 e. The number of aryl methyl sites for hydroxylation is 1. The van der Waals surface area contributed by atoms with E-state index < -0.39 is 11.9 Å². The molecule has 36 heavy (non-hydrogen) atoms. The fourth-order valence-corrected chi connectivity index (χ4v) is 4.45. The lowest BCUT2D eigenvalue weighted by Gasteiger charge is -2.08. The molecule has 0 saturated carbocycles. The van der Waals surface area contributed by atoms with Crippen LogP contribution in [0.4, 0.5) is 5.69 Å². The molecule has 1 aromatic heterocycles. The molecule has 0 fully saturated rings. The Morgan fingerprint density at radius 3 is 2.47 bits per heavy atom. The smallest absolute Gasteiger partial charge is 0.352 e. The standard InChI is InChI=1S/C28H24Cl2N2O4/c29-19-16-23(30)26-22(27(28(34)35)32-24(26)17-19)13-14-25(33)31-20-9-11-21(12-10-20)36-15-5-4-8-18-6-2-1-3-7-18/h1-3,6-7,9-14,16-17,32H,4-5,8,15H2,(H,31,33)(H,34,35)/b14-13+. The normalized spacial score (nSPS) is 11.2. The van der Waals surface area contributed by atoms with Crippen molar-refractivity contribution >= 4 is 57.7 Å². The van der Waals surface area contributed by atoms with Crippen molar-refractivity contribution in [3.05, 3.63) is 99.7 Å². The number of nitrogens with one attached hydrogen (secondary N) is 2. The molecule has 0 aliphatic heterocycles. The Kier molecular flexibility index (Phi) is 8.31. The van der Waals surface area contributed by atoms with Crippen LogP contribution in [-0.2, 0) is 11.2 Å². The lowest BCUT2D eigenvalue weighted by molar-refractivity contribution is -0.111.